The molecule has 0 aromatic carbocycles. The normalized spacial score (nSPS) is 19.3. The van der Waals surface area contributed by atoms with Crippen LogP contribution in [-0.2, 0) is 9.53 Å². The molecular weight excluding hydrogens is 194 g/mol. The molecule has 1 amide bonds. The SMILES string of the molecule is CC(CN)N(C)CC(=O)N1CCOCC1. The van der Waals surface area contributed by atoms with Gasteiger partial charge in [0.1, 0.15) is 0 Å². The Hall–Kier alpha value is -0.650. The predicted octanol–water partition coefficient (Wildman–Crippen LogP) is -0.876. The van der Waals surface area contributed by atoms with E-state index in [0.717, 1.165) is 0 Å². The standard InChI is InChI=1S/C10H21N3O2/c1-9(7-11)12(2)8-10(14)13-3-5-15-6-4-13/h9H,3-8,11H2,1-2H3. The summed E-state index contributed by atoms with van der Waals surface area (Å²) in [5, 5.41) is 0. The lowest BCUT2D eigenvalue weighted by Crippen LogP contribution is -2.47. The predicted molar refractivity (Wildman–Crippen MR) is 58.5 cm³/mol. The van der Waals surface area contributed by atoms with Crippen LogP contribution in [0.25, 0.3) is 0 Å². The van der Waals surface area contributed by atoms with Crippen molar-refractivity contribution in [2.75, 3.05) is 46.4 Å². The van der Waals surface area contributed by atoms with Gasteiger partial charge in [-0.15, -0.1) is 0 Å². The van der Waals surface area contributed by atoms with Crippen LogP contribution in [0.3, 0.4) is 0 Å². The molecule has 0 bridgehead atoms. The molecule has 0 radical (unpaired) electrons. The van der Waals surface area contributed by atoms with Gasteiger partial charge in [0.05, 0.1) is 19.8 Å². The molecule has 2 N–H and O–H groups in total. The highest BCUT2D eigenvalue weighted by Crippen LogP contribution is 2.00. The minimum atomic E-state index is 0.168. The summed E-state index contributed by atoms with van der Waals surface area (Å²) in [5.74, 6) is 0.168. The molecule has 0 aromatic rings. The molecule has 0 aromatic heterocycles. The molecule has 0 spiro atoms. The van der Waals surface area contributed by atoms with Gasteiger partial charge in [0.15, 0.2) is 0 Å². The van der Waals surface area contributed by atoms with E-state index in [-0.39, 0.29) is 11.9 Å². The van der Waals surface area contributed by atoms with E-state index in [1.807, 2.05) is 23.8 Å². The summed E-state index contributed by atoms with van der Waals surface area (Å²) in [6.45, 7) is 5.77. The minimum Gasteiger partial charge on any atom is -0.378 e. The average Bonchev–Trinajstić information content (AvgIpc) is 2.29. The summed E-state index contributed by atoms with van der Waals surface area (Å²) in [7, 11) is 1.93. The van der Waals surface area contributed by atoms with Crippen LogP contribution in [-0.4, -0.2) is 68.2 Å². The maximum Gasteiger partial charge on any atom is 0.236 e. The lowest BCUT2D eigenvalue weighted by Gasteiger charge is -2.30. The summed E-state index contributed by atoms with van der Waals surface area (Å²) in [4.78, 5) is 15.7. The summed E-state index contributed by atoms with van der Waals surface area (Å²) in [6, 6.07) is 0.245. The molecule has 1 aliphatic rings. The minimum absolute atomic E-state index is 0.168. The number of nitrogens with zero attached hydrogens (tertiary/aromatic N) is 2. The Morgan fingerprint density at radius 1 is 1.53 bits per heavy atom. The smallest absolute Gasteiger partial charge is 0.236 e. The van der Waals surface area contributed by atoms with Crippen molar-refractivity contribution in [2.45, 2.75) is 13.0 Å². The molecule has 88 valence electrons. The molecule has 0 saturated carbocycles. The van der Waals surface area contributed by atoms with Gasteiger partial charge in [-0.05, 0) is 14.0 Å². The maximum atomic E-state index is 11.8. The van der Waals surface area contributed by atoms with E-state index in [0.29, 0.717) is 39.4 Å². The number of amides is 1. The van der Waals surface area contributed by atoms with Gasteiger partial charge >= 0.3 is 0 Å². The molecule has 5 heteroatoms. The third-order valence-corrected chi connectivity index (χ3v) is 2.84. The van der Waals surface area contributed by atoms with Crippen molar-refractivity contribution in [3.8, 4) is 0 Å². The third kappa shape index (κ3) is 3.77. The summed E-state index contributed by atoms with van der Waals surface area (Å²) >= 11 is 0. The van der Waals surface area contributed by atoms with Crippen LogP contribution < -0.4 is 5.73 Å². The van der Waals surface area contributed by atoms with Gasteiger partial charge in [0, 0.05) is 25.7 Å². The van der Waals surface area contributed by atoms with Crippen molar-refractivity contribution in [3.05, 3.63) is 0 Å². The van der Waals surface area contributed by atoms with E-state index in [1.165, 1.54) is 0 Å². The highest BCUT2D eigenvalue weighted by Gasteiger charge is 2.19. The van der Waals surface area contributed by atoms with Crippen LogP contribution in [0.5, 0.6) is 0 Å². The van der Waals surface area contributed by atoms with Gasteiger partial charge in [-0.2, -0.15) is 0 Å². The average molecular weight is 215 g/mol. The first kappa shape index (κ1) is 12.4. The van der Waals surface area contributed by atoms with E-state index in [2.05, 4.69) is 0 Å². The van der Waals surface area contributed by atoms with E-state index in [1.54, 1.807) is 0 Å². The number of carbonyl (C=O) groups is 1. The molecule has 1 unspecified atom stereocenters. The zero-order chi connectivity index (χ0) is 11.3. The Morgan fingerprint density at radius 3 is 2.67 bits per heavy atom. The monoisotopic (exact) mass is 215 g/mol. The molecule has 1 saturated heterocycles. The van der Waals surface area contributed by atoms with Crippen molar-refractivity contribution in [3.63, 3.8) is 0 Å². The molecule has 1 aliphatic heterocycles. The van der Waals surface area contributed by atoms with Crippen LogP contribution in [0.1, 0.15) is 6.92 Å². The Bertz CT molecular complexity index is 205. The summed E-state index contributed by atoms with van der Waals surface area (Å²) in [6.07, 6.45) is 0. The number of rotatable bonds is 4. The molecular formula is C10H21N3O2. The van der Waals surface area contributed by atoms with Crippen molar-refractivity contribution >= 4 is 5.91 Å². The highest BCUT2D eigenvalue weighted by atomic mass is 16.5. The summed E-state index contributed by atoms with van der Waals surface area (Å²) in [5.41, 5.74) is 5.54. The lowest BCUT2D eigenvalue weighted by molar-refractivity contribution is -0.136. The van der Waals surface area contributed by atoms with E-state index in [9.17, 15) is 4.79 Å². The first-order valence-corrected chi connectivity index (χ1v) is 5.41. The van der Waals surface area contributed by atoms with Crippen LogP contribution >= 0.6 is 0 Å². The number of hydrogen-bond donors (Lipinski definition) is 1. The van der Waals surface area contributed by atoms with E-state index >= 15 is 0 Å². The first-order chi connectivity index (χ1) is 7.15. The molecule has 1 atom stereocenters. The van der Waals surface area contributed by atoms with Gasteiger partial charge in [-0.25, -0.2) is 0 Å². The number of ether oxygens (including phenoxy) is 1. The Morgan fingerprint density at radius 2 is 2.13 bits per heavy atom. The second-order valence-corrected chi connectivity index (χ2v) is 3.99. The highest BCUT2D eigenvalue weighted by molar-refractivity contribution is 5.78. The number of likely N-dealkylation sites (N-methyl/N-ethyl adjacent to an activating group) is 1. The maximum absolute atomic E-state index is 11.8. The molecule has 5 nitrogen and oxygen atoms in total. The second kappa shape index (κ2) is 6.05. The molecule has 1 fully saturated rings. The Labute approximate surface area is 91.2 Å². The topological polar surface area (TPSA) is 58.8 Å². The fourth-order valence-corrected chi connectivity index (χ4v) is 1.46. The van der Waals surface area contributed by atoms with Crippen molar-refractivity contribution in [2.24, 2.45) is 5.73 Å². The number of morpholine rings is 1. The zero-order valence-corrected chi connectivity index (χ0v) is 9.61. The lowest BCUT2D eigenvalue weighted by atomic mass is 10.3. The third-order valence-electron chi connectivity index (χ3n) is 2.84. The first-order valence-electron chi connectivity index (χ1n) is 5.41. The van der Waals surface area contributed by atoms with Crippen LogP contribution in [0, 0.1) is 0 Å². The molecule has 15 heavy (non-hydrogen) atoms. The fraction of sp³-hybridized carbons (Fsp3) is 0.900. The van der Waals surface area contributed by atoms with Crippen LogP contribution in [0.2, 0.25) is 0 Å². The van der Waals surface area contributed by atoms with E-state index in [4.69, 9.17) is 10.5 Å². The molecule has 1 rings (SSSR count). The van der Waals surface area contributed by atoms with Crippen LogP contribution in [0.15, 0.2) is 0 Å². The van der Waals surface area contributed by atoms with Gasteiger partial charge < -0.3 is 15.4 Å². The van der Waals surface area contributed by atoms with Crippen molar-refractivity contribution in [1.29, 1.82) is 0 Å². The fourth-order valence-electron chi connectivity index (χ4n) is 1.46. The number of nitrogens with two attached hydrogens (primary N) is 1. The summed E-state index contributed by atoms with van der Waals surface area (Å²) < 4.78 is 5.20. The van der Waals surface area contributed by atoms with Crippen molar-refractivity contribution in [1.82, 2.24) is 9.80 Å². The largest absolute Gasteiger partial charge is 0.378 e. The molecule has 0 aliphatic carbocycles. The van der Waals surface area contributed by atoms with Gasteiger partial charge in [-0.3, -0.25) is 9.69 Å². The van der Waals surface area contributed by atoms with E-state index < -0.39 is 0 Å². The van der Waals surface area contributed by atoms with Gasteiger partial charge in [-0.1, -0.05) is 0 Å². The van der Waals surface area contributed by atoms with Gasteiger partial charge in [0.25, 0.3) is 0 Å². The molecule has 1 heterocycles. The number of hydrogen-bond acceptors (Lipinski definition) is 4. The zero-order valence-electron chi connectivity index (χ0n) is 9.61. The van der Waals surface area contributed by atoms with Crippen molar-refractivity contribution < 1.29 is 9.53 Å². The quantitative estimate of drug-likeness (QED) is 0.662. The Balaban J connectivity index is 2.33. The van der Waals surface area contributed by atoms with Crippen LogP contribution in [0.4, 0.5) is 0 Å². The number of carbonyl (C=O) groups excluding carboxylic acids is 1. The Kier molecular flexibility index (Phi) is 5.01. The second-order valence-electron chi connectivity index (χ2n) is 3.99. The van der Waals surface area contributed by atoms with Gasteiger partial charge in [0.2, 0.25) is 5.91 Å².